The fourth-order valence-electron chi connectivity index (χ4n) is 5.27. The van der Waals surface area contributed by atoms with Crippen LogP contribution in [-0.2, 0) is 40.3 Å². The van der Waals surface area contributed by atoms with Crippen LogP contribution in [0.15, 0.2) is 16.9 Å². The first-order valence-electron chi connectivity index (χ1n) is 10.1. The van der Waals surface area contributed by atoms with E-state index in [1.54, 1.807) is 4.57 Å². The van der Waals surface area contributed by atoms with E-state index in [1.807, 2.05) is 13.0 Å². The van der Waals surface area contributed by atoms with Gasteiger partial charge in [0.25, 0.3) is 5.56 Å². The van der Waals surface area contributed by atoms with Gasteiger partial charge in [-0.25, -0.2) is 14.2 Å². The Morgan fingerprint density at radius 1 is 1.17 bits per heavy atom. The highest BCUT2D eigenvalue weighted by Crippen LogP contribution is 2.42. The van der Waals surface area contributed by atoms with E-state index in [0.29, 0.717) is 40.1 Å². The van der Waals surface area contributed by atoms with Crippen molar-refractivity contribution in [2.24, 2.45) is 0 Å². The predicted octanol–water partition coefficient (Wildman–Crippen LogP) is 3.11. The third-order valence-electron chi connectivity index (χ3n) is 6.75. The Morgan fingerprint density at radius 3 is 2.77 bits per heavy atom. The zero-order chi connectivity index (χ0) is 20.7. The van der Waals surface area contributed by atoms with Crippen LogP contribution in [0.25, 0.3) is 22.3 Å². The Kier molecular flexibility index (Phi) is 3.54. The average molecular weight is 406 g/mol. The van der Waals surface area contributed by atoms with Crippen LogP contribution in [0.3, 0.4) is 0 Å². The third-order valence-corrected chi connectivity index (χ3v) is 6.75. The molecule has 0 spiro atoms. The van der Waals surface area contributed by atoms with Crippen molar-refractivity contribution in [2.45, 2.75) is 45.4 Å². The molecule has 6 nitrogen and oxygen atoms in total. The molecule has 152 valence electrons. The summed E-state index contributed by atoms with van der Waals surface area (Å²) in [6.07, 6.45) is 1.73. The average Bonchev–Trinajstić information content (AvgIpc) is 3.11. The van der Waals surface area contributed by atoms with Crippen molar-refractivity contribution in [3.05, 3.63) is 61.7 Å². The lowest BCUT2D eigenvalue weighted by molar-refractivity contribution is -0.159. The normalized spacial score (nSPS) is 18.8. The summed E-state index contributed by atoms with van der Waals surface area (Å²) in [5, 5.41) is 1.04. The highest BCUT2D eigenvalue weighted by molar-refractivity contribution is 5.92. The van der Waals surface area contributed by atoms with E-state index < -0.39 is 12.1 Å². The number of benzene rings is 1. The van der Waals surface area contributed by atoms with E-state index in [2.05, 4.69) is 0 Å². The summed E-state index contributed by atoms with van der Waals surface area (Å²) in [5.41, 5.74) is 6.66. The second-order valence-electron chi connectivity index (χ2n) is 8.21. The zero-order valence-corrected chi connectivity index (χ0v) is 16.7. The summed E-state index contributed by atoms with van der Waals surface area (Å²) in [4.78, 5) is 30.2. The predicted molar refractivity (Wildman–Crippen MR) is 107 cm³/mol. The first-order valence-corrected chi connectivity index (χ1v) is 10.1. The minimum atomic E-state index is -0.929. The standard InChI is InChI=1S/C23H19FN2O4/c1-10-11-4-3-5-12-14-8-26-18(20(14)25-17(19(11)12)7-16(10)24)6-13-15(22(26)27)9-30-23(28)21(13)29-2/h6-7,21H,3-5,8-9H2,1-2H3/t21-/m0/s1. The number of nitrogens with zero attached hydrogens (tertiary/aromatic N) is 2. The van der Waals surface area contributed by atoms with Gasteiger partial charge < -0.3 is 14.0 Å². The van der Waals surface area contributed by atoms with Gasteiger partial charge in [-0.1, -0.05) is 0 Å². The second kappa shape index (κ2) is 5.98. The summed E-state index contributed by atoms with van der Waals surface area (Å²) < 4.78 is 26.7. The lowest BCUT2D eigenvalue weighted by Gasteiger charge is -2.24. The molecule has 0 saturated heterocycles. The summed E-state index contributed by atoms with van der Waals surface area (Å²) in [7, 11) is 1.42. The third kappa shape index (κ3) is 2.13. The molecule has 2 aromatic heterocycles. The van der Waals surface area contributed by atoms with Crippen LogP contribution >= 0.6 is 0 Å². The van der Waals surface area contributed by atoms with Crippen molar-refractivity contribution >= 4 is 16.9 Å². The van der Waals surface area contributed by atoms with Crippen molar-refractivity contribution in [2.75, 3.05) is 7.11 Å². The molecular weight excluding hydrogens is 387 g/mol. The second-order valence-corrected chi connectivity index (χ2v) is 8.21. The maximum absolute atomic E-state index is 14.6. The molecule has 4 heterocycles. The van der Waals surface area contributed by atoms with Gasteiger partial charge in [-0.15, -0.1) is 0 Å². The van der Waals surface area contributed by atoms with Gasteiger partial charge in [0.2, 0.25) is 0 Å². The van der Waals surface area contributed by atoms with Gasteiger partial charge in [0.05, 0.1) is 29.0 Å². The van der Waals surface area contributed by atoms with E-state index in [-0.39, 0.29) is 18.0 Å². The molecule has 30 heavy (non-hydrogen) atoms. The number of fused-ring (bicyclic) bond motifs is 5. The topological polar surface area (TPSA) is 70.4 Å². The van der Waals surface area contributed by atoms with Crippen LogP contribution in [0.5, 0.6) is 0 Å². The molecule has 0 radical (unpaired) electrons. The quantitative estimate of drug-likeness (QED) is 0.455. The molecule has 1 aromatic carbocycles. The van der Waals surface area contributed by atoms with Crippen molar-refractivity contribution in [3.63, 3.8) is 0 Å². The molecule has 0 saturated carbocycles. The van der Waals surface area contributed by atoms with Gasteiger partial charge >= 0.3 is 5.97 Å². The molecule has 1 aliphatic carbocycles. The summed E-state index contributed by atoms with van der Waals surface area (Å²) in [5.74, 6) is -0.753. The minimum absolute atomic E-state index is 0.0553. The van der Waals surface area contributed by atoms with Crippen molar-refractivity contribution in [1.29, 1.82) is 0 Å². The highest BCUT2D eigenvalue weighted by atomic mass is 19.1. The molecule has 0 N–H and O–H groups in total. The van der Waals surface area contributed by atoms with Gasteiger partial charge in [-0.2, -0.15) is 0 Å². The lowest BCUT2D eigenvalue weighted by atomic mass is 9.85. The van der Waals surface area contributed by atoms with Gasteiger partial charge in [-0.3, -0.25) is 4.79 Å². The molecule has 2 aliphatic heterocycles. The summed E-state index contributed by atoms with van der Waals surface area (Å²) in [6, 6.07) is 3.31. The molecule has 0 unspecified atom stereocenters. The van der Waals surface area contributed by atoms with E-state index in [1.165, 1.54) is 13.2 Å². The van der Waals surface area contributed by atoms with E-state index in [0.717, 1.165) is 41.3 Å². The molecule has 7 heteroatoms. The van der Waals surface area contributed by atoms with Crippen LogP contribution in [0.1, 0.15) is 45.9 Å². The molecule has 3 aromatic rings. The number of carbonyl (C=O) groups is 1. The van der Waals surface area contributed by atoms with Crippen LogP contribution in [0.2, 0.25) is 0 Å². The molecule has 0 fully saturated rings. The van der Waals surface area contributed by atoms with Crippen molar-refractivity contribution < 1.29 is 18.7 Å². The summed E-state index contributed by atoms with van der Waals surface area (Å²) in [6.45, 7) is 2.19. The van der Waals surface area contributed by atoms with Gasteiger partial charge in [0.1, 0.15) is 12.4 Å². The van der Waals surface area contributed by atoms with Gasteiger partial charge in [0, 0.05) is 29.7 Å². The molecule has 6 rings (SSSR count). The number of halogens is 1. The zero-order valence-electron chi connectivity index (χ0n) is 16.7. The van der Waals surface area contributed by atoms with Gasteiger partial charge in [0.15, 0.2) is 6.10 Å². The molecule has 1 atom stereocenters. The van der Waals surface area contributed by atoms with Crippen molar-refractivity contribution in [1.82, 2.24) is 9.55 Å². The highest BCUT2D eigenvalue weighted by Gasteiger charge is 2.36. The monoisotopic (exact) mass is 406 g/mol. The largest absolute Gasteiger partial charge is 0.458 e. The Hall–Kier alpha value is -3.06. The van der Waals surface area contributed by atoms with E-state index in [4.69, 9.17) is 14.5 Å². The first-order chi connectivity index (χ1) is 14.5. The van der Waals surface area contributed by atoms with Crippen molar-refractivity contribution in [3.8, 4) is 11.4 Å². The Bertz CT molecular complexity index is 1360. The first kappa shape index (κ1) is 17.8. The fourth-order valence-corrected chi connectivity index (χ4v) is 5.27. The number of carbonyl (C=O) groups excluding carboxylic acids is 1. The van der Waals surface area contributed by atoms with Crippen LogP contribution in [0.4, 0.5) is 4.39 Å². The number of rotatable bonds is 1. The number of pyridine rings is 2. The molecule has 0 amide bonds. The smallest absolute Gasteiger partial charge is 0.340 e. The van der Waals surface area contributed by atoms with E-state index in [9.17, 15) is 14.0 Å². The van der Waals surface area contributed by atoms with Crippen LogP contribution in [-0.4, -0.2) is 22.6 Å². The molecular formula is C23H19FN2O4. The molecule has 3 aliphatic rings. The van der Waals surface area contributed by atoms with Crippen LogP contribution in [0, 0.1) is 12.7 Å². The Balaban J connectivity index is 1.67. The van der Waals surface area contributed by atoms with E-state index >= 15 is 0 Å². The van der Waals surface area contributed by atoms with Gasteiger partial charge in [-0.05, 0) is 48.9 Å². The molecule has 0 bridgehead atoms. The fraction of sp³-hybridized carbons (Fsp3) is 0.348. The maximum atomic E-state index is 14.6. The number of aromatic nitrogens is 2. The Labute approximate surface area is 171 Å². The number of cyclic esters (lactones) is 1. The Morgan fingerprint density at radius 2 is 1.97 bits per heavy atom. The number of esters is 1. The number of methoxy groups -OCH3 is 1. The van der Waals surface area contributed by atoms with Crippen LogP contribution < -0.4 is 5.56 Å². The summed E-state index contributed by atoms with van der Waals surface area (Å²) >= 11 is 0. The number of ether oxygens (including phenoxy) is 2. The maximum Gasteiger partial charge on any atom is 0.340 e. The number of aryl methyl sites for hydroxylation is 2. The number of hydrogen-bond donors (Lipinski definition) is 0. The minimum Gasteiger partial charge on any atom is -0.458 e. The number of hydrogen-bond acceptors (Lipinski definition) is 5. The lowest BCUT2D eigenvalue weighted by Crippen LogP contribution is -2.33. The SMILES string of the molecule is CO[C@@H]1C(=O)OCc2c1cc1n(c2=O)Cc2c-1nc1cc(F)c(C)c3c1c2CCC3.